The van der Waals surface area contributed by atoms with Crippen molar-refractivity contribution < 1.29 is 13.2 Å². The minimum Gasteiger partial charge on any atom is -0.326 e. The maximum Gasteiger partial charge on any atom is 0.401 e. The summed E-state index contributed by atoms with van der Waals surface area (Å²) < 4.78 is 37.8. The zero-order valence-electron chi connectivity index (χ0n) is 11.0. The summed E-state index contributed by atoms with van der Waals surface area (Å²) in [5, 5.41) is 0. The highest BCUT2D eigenvalue weighted by Crippen LogP contribution is 2.29. The molecule has 2 rings (SSSR count). The lowest BCUT2D eigenvalue weighted by molar-refractivity contribution is -0.153. The van der Waals surface area contributed by atoms with Crippen molar-refractivity contribution in [3.05, 3.63) is 34.9 Å². The predicted molar refractivity (Wildman–Crippen MR) is 68.6 cm³/mol. The molecule has 2 nitrogen and oxygen atoms in total. The molecule has 0 fully saturated rings. The summed E-state index contributed by atoms with van der Waals surface area (Å²) in [7, 11) is 0. The zero-order chi connectivity index (χ0) is 14.0. The molecular weight excluding hydrogens is 253 g/mol. The minimum atomic E-state index is -4.14. The first-order valence-corrected chi connectivity index (χ1v) is 6.54. The number of nitrogens with two attached hydrogens (primary N) is 1. The number of hydrogen-bond donors (Lipinski definition) is 1. The van der Waals surface area contributed by atoms with Gasteiger partial charge in [0.25, 0.3) is 0 Å². The van der Waals surface area contributed by atoms with Gasteiger partial charge < -0.3 is 5.73 Å². The van der Waals surface area contributed by atoms with Crippen molar-refractivity contribution in [2.75, 3.05) is 6.54 Å². The first-order valence-electron chi connectivity index (χ1n) is 6.54. The average Bonchev–Trinajstić information content (AvgIpc) is 2.35. The van der Waals surface area contributed by atoms with E-state index in [0.29, 0.717) is 19.5 Å². The van der Waals surface area contributed by atoms with Crippen LogP contribution in [0.15, 0.2) is 18.2 Å². The van der Waals surface area contributed by atoms with Crippen molar-refractivity contribution in [1.82, 2.24) is 4.90 Å². The van der Waals surface area contributed by atoms with Crippen LogP contribution in [0, 0.1) is 0 Å². The number of alkyl halides is 3. The van der Waals surface area contributed by atoms with E-state index in [9.17, 15) is 13.2 Å². The third kappa shape index (κ3) is 3.48. The molecule has 0 amide bonds. The SMILES string of the molecule is CCC1Cc2cc(CN)ccc2CN1CC(F)(F)F. The smallest absolute Gasteiger partial charge is 0.326 e. The number of halogens is 3. The standard InChI is InChI=1S/C14H19F3N2/c1-2-13-6-12-5-10(7-18)3-4-11(12)8-19(13)9-14(15,16)17/h3-5,13H,2,6-9,18H2,1H3. The highest BCUT2D eigenvalue weighted by molar-refractivity contribution is 5.34. The van der Waals surface area contributed by atoms with Crippen molar-refractivity contribution in [1.29, 1.82) is 0 Å². The van der Waals surface area contributed by atoms with E-state index in [4.69, 9.17) is 5.73 Å². The van der Waals surface area contributed by atoms with Crippen LogP contribution >= 0.6 is 0 Å². The molecule has 2 N–H and O–H groups in total. The maximum absolute atomic E-state index is 12.6. The average molecular weight is 272 g/mol. The highest BCUT2D eigenvalue weighted by Gasteiger charge is 2.35. The Morgan fingerprint density at radius 1 is 1.32 bits per heavy atom. The molecule has 0 saturated carbocycles. The van der Waals surface area contributed by atoms with Crippen LogP contribution in [0.4, 0.5) is 13.2 Å². The van der Waals surface area contributed by atoms with Crippen LogP contribution < -0.4 is 5.73 Å². The summed E-state index contributed by atoms with van der Waals surface area (Å²) in [5.74, 6) is 0. The van der Waals surface area contributed by atoms with Gasteiger partial charge in [0.15, 0.2) is 0 Å². The van der Waals surface area contributed by atoms with Crippen LogP contribution in [-0.2, 0) is 19.5 Å². The van der Waals surface area contributed by atoms with Gasteiger partial charge in [-0.25, -0.2) is 0 Å². The Labute approximate surface area is 111 Å². The van der Waals surface area contributed by atoms with Crippen molar-refractivity contribution in [3.63, 3.8) is 0 Å². The molecule has 1 aromatic carbocycles. The van der Waals surface area contributed by atoms with Crippen molar-refractivity contribution in [2.24, 2.45) is 5.73 Å². The van der Waals surface area contributed by atoms with Gasteiger partial charge in [0.1, 0.15) is 0 Å². The molecule has 1 atom stereocenters. The molecule has 1 heterocycles. The summed E-state index contributed by atoms with van der Waals surface area (Å²) in [6.45, 7) is 1.95. The third-order valence-corrected chi connectivity index (χ3v) is 3.71. The van der Waals surface area contributed by atoms with Crippen LogP contribution in [-0.4, -0.2) is 23.7 Å². The summed E-state index contributed by atoms with van der Waals surface area (Å²) in [6, 6.07) is 5.80. The van der Waals surface area contributed by atoms with Crippen LogP contribution in [0.25, 0.3) is 0 Å². The third-order valence-electron chi connectivity index (χ3n) is 3.71. The Hall–Kier alpha value is -1.07. The molecule has 0 aliphatic carbocycles. The molecule has 1 aromatic rings. The molecule has 0 radical (unpaired) electrons. The van der Waals surface area contributed by atoms with Crippen molar-refractivity contribution in [3.8, 4) is 0 Å². The monoisotopic (exact) mass is 272 g/mol. The number of nitrogens with zero attached hydrogens (tertiary/aromatic N) is 1. The van der Waals surface area contributed by atoms with Crippen molar-refractivity contribution in [2.45, 2.75) is 45.1 Å². The lowest BCUT2D eigenvalue weighted by Gasteiger charge is -2.37. The van der Waals surface area contributed by atoms with Gasteiger partial charge in [0.2, 0.25) is 0 Å². The van der Waals surface area contributed by atoms with Crippen LogP contribution in [0.3, 0.4) is 0 Å². The van der Waals surface area contributed by atoms with Crippen LogP contribution in [0.1, 0.15) is 30.0 Å². The number of fused-ring (bicyclic) bond motifs is 1. The fourth-order valence-corrected chi connectivity index (χ4v) is 2.70. The van der Waals surface area contributed by atoms with Gasteiger partial charge >= 0.3 is 6.18 Å². The molecule has 1 aliphatic heterocycles. The minimum absolute atomic E-state index is 0.0397. The Kier molecular flexibility index (Phi) is 4.16. The molecule has 1 aliphatic rings. The predicted octanol–water partition coefficient (Wildman–Crippen LogP) is 2.84. The lowest BCUT2D eigenvalue weighted by Crippen LogP contribution is -2.44. The summed E-state index contributed by atoms with van der Waals surface area (Å²) in [4.78, 5) is 1.53. The molecule has 1 unspecified atom stereocenters. The normalized spacial score (nSPS) is 20.4. The van der Waals surface area contributed by atoms with E-state index in [2.05, 4.69) is 0 Å². The van der Waals surface area contributed by atoms with E-state index in [-0.39, 0.29) is 6.04 Å². The Bertz CT molecular complexity index is 443. The van der Waals surface area contributed by atoms with E-state index in [0.717, 1.165) is 23.1 Å². The van der Waals surface area contributed by atoms with Crippen LogP contribution in [0.2, 0.25) is 0 Å². The van der Waals surface area contributed by atoms with Gasteiger partial charge in [-0.1, -0.05) is 25.1 Å². The van der Waals surface area contributed by atoms with E-state index in [1.54, 1.807) is 0 Å². The molecule has 5 heteroatoms. The van der Waals surface area contributed by atoms with Gasteiger partial charge in [-0.15, -0.1) is 0 Å². The molecule has 0 spiro atoms. The second-order valence-corrected chi connectivity index (χ2v) is 5.09. The molecular formula is C14H19F3N2. The Balaban J connectivity index is 2.22. The van der Waals surface area contributed by atoms with Crippen molar-refractivity contribution >= 4 is 0 Å². The molecule has 106 valence electrons. The second kappa shape index (κ2) is 5.51. The Morgan fingerprint density at radius 3 is 2.63 bits per heavy atom. The summed E-state index contributed by atoms with van der Waals surface area (Å²) in [5.41, 5.74) is 8.78. The zero-order valence-corrected chi connectivity index (χ0v) is 11.0. The van der Waals surface area contributed by atoms with Gasteiger partial charge in [-0.05, 0) is 29.5 Å². The molecule has 0 saturated heterocycles. The van der Waals surface area contributed by atoms with E-state index in [1.807, 2.05) is 25.1 Å². The fraction of sp³-hybridized carbons (Fsp3) is 0.571. The topological polar surface area (TPSA) is 29.3 Å². The number of rotatable bonds is 3. The summed E-state index contributed by atoms with van der Waals surface area (Å²) >= 11 is 0. The highest BCUT2D eigenvalue weighted by atomic mass is 19.4. The molecule has 19 heavy (non-hydrogen) atoms. The van der Waals surface area contributed by atoms with Gasteiger partial charge in [-0.2, -0.15) is 13.2 Å². The largest absolute Gasteiger partial charge is 0.401 e. The lowest BCUT2D eigenvalue weighted by atomic mass is 9.91. The van der Waals surface area contributed by atoms with Gasteiger partial charge in [-0.3, -0.25) is 4.90 Å². The summed E-state index contributed by atoms with van der Waals surface area (Å²) in [6.07, 6.45) is -2.74. The van der Waals surface area contributed by atoms with Crippen LogP contribution in [0.5, 0.6) is 0 Å². The fourth-order valence-electron chi connectivity index (χ4n) is 2.70. The van der Waals surface area contributed by atoms with Gasteiger partial charge in [0.05, 0.1) is 6.54 Å². The van der Waals surface area contributed by atoms with Gasteiger partial charge in [0, 0.05) is 19.1 Å². The Morgan fingerprint density at radius 2 is 2.05 bits per heavy atom. The molecule has 0 aromatic heterocycles. The first kappa shape index (κ1) is 14.3. The maximum atomic E-state index is 12.6. The molecule has 0 bridgehead atoms. The quantitative estimate of drug-likeness (QED) is 0.916. The number of benzene rings is 1. The number of hydrogen-bond acceptors (Lipinski definition) is 2. The second-order valence-electron chi connectivity index (χ2n) is 5.09. The van der Waals surface area contributed by atoms with E-state index < -0.39 is 12.7 Å². The van der Waals surface area contributed by atoms with E-state index >= 15 is 0 Å². The first-order chi connectivity index (χ1) is 8.93. The van der Waals surface area contributed by atoms with E-state index in [1.165, 1.54) is 4.90 Å².